The largest absolute Gasteiger partial charge is 0.160 e. The summed E-state index contributed by atoms with van der Waals surface area (Å²) in [6, 6.07) is 8.75. The molecule has 1 aromatic rings. The van der Waals surface area contributed by atoms with Crippen LogP contribution in [0.4, 0.5) is 0 Å². The van der Waals surface area contributed by atoms with Crippen LogP contribution in [0.5, 0.6) is 0 Å². The second kappa shape index (κ2) is 5.23. The molecule has 0 saturated carbocycles. The van der Waals surface area contributed by atoms with Gasteiger partial charge in [0.2, 0.25) is 0 Å². The van der Waals surface area contributed by atoms with Crippen molar-refractivity contribution in [3.8, 4) is 0 Å². The maximum Gasteiger partial charge on any atom is 0.0208 e. The summed E-state index contributed by atoms with van der Waals surface area (Å²) < 4.78 is 0. The van der Waals surface area contributed by atoms with Crippen LogP contribution in [0.2, 0.25) is 0 Å². The maximum absolute atomic E-state index is 2.24. The average molecular weight is 228 g/mol. The first-order valence-corrected chi connectivity index (χ1v) is 7.52. The van der Waals surface area contributed by atoms with Crippen LogP contribution in [0.3, 0.4) is 0 Å². The molecule has 0 atom stereocenters. The molecule has 2 rings (SSSR count). The molecule has 13 heavy (non-hydrogen) atoms. The van der Waals surface area contributed by atoms with Crippen molar-refractivity contribution in [2.75, 3.05) is 23.0 Å². The molecule has 0 N–H and O–H groups in total. The van der Waals surface area contributed by atoms with Crippen LogP contribution in [-0.2, 0) is 0 Å². The van der Waals surface area contributed by atoms with Gasteiger partial charge in [0.25, 0.3) is 0 Å². The predicted octanol–water partition coefficient (Wildman–Crippen LogP) is 3.62. The Labute approximate surface area is 92.3 Å². The summed E-state index contributed by atoms with van der Waals surface area (Å²) >= 11 is 6.06. The van der Waals surface area contributed by atoms with Gasteiger partial charge in [-0.15, -0.1) is 23.5 Å². The molecule has 0 spiro atoms. The Morgan fingerprint density at radius 1 is 0.769 bits per heavy atom. The third-order valence-electron chi connectivity index (χ3n) is 1.82. The molecule has 0 bridgehead atoms. The molecule has 0 fully saturated rings. The zero-order valence-electron chi connectivity index (χ0n) is 7.36. The van der Waals surface area contributed by atoms with Gasteiger partial charge in [0.1, 0.15) is 0 Å². The van der Waals surface area contributed by atoms with Crippen LogP contribution in [0, 0.1) is 0 Å². The molecule has 0 saturated heterocycles. The minimum Gasteiger partial charge on any atom is -0.160 e. The van der Waals surface area contributed by atoms with E-state index in [1.165, 1.54) is 32.8 Å². The summed E-state index contributed by atoms with van der Waals surface area (Å²) in [6.45, 7) is 0. The van der Waals surface area contributed by atoms with Gasteiger partial charge in [-0.3, -0.25) is 0 Å². The molecular formula is C10H12S3. The van der Waals surface area contributed by atoms with Crippen LogP contribution >= 0.6 is 35.3 Å². The Morgan fingerprint density at radius 3 is 1.85 bits per heavy atom. The fraction of sp³-hybridized carbons (Fsp3) is 0.400. The van der Waals surface area contributed by atoms with Gasteiger partial charge in [-0.1, -0.05) is 12.1 Å². The number of rotatable bonds is 0. The summed E-state index contributed by atoms with van der Waals surface area (Å²) in [5.41, 5.74) is 0. The summed E-state index contributed by atoms with van der Waals surface area (Å²) in [6.07, 6.45) is 0. The third kappa shape index (κ3) is 2.86. The van der Waals surface area contributed by atoms with Gasteiger partial charge in [-0.2, -0.15) is 11.8 Å². The van der Waals surface area contributed by atoms with Gasteiger partial charge in [-0.25, -0.2) is 0 Å². The van der Waals surface area contributed by atoms with Crippen LogP contribution in [0.1, 0.15) is 0 Å². The molecule has 1 aromatic carbocycles. The smallest absolute Gasteiger partial charge is 0.0208 e. The SMILES string of the molecule is c1ccc2c(c1)SCCSCCS2. The van der Waals surface area contributed by atoms with Crippen molar-refractivity contribution >= 4 is 35.3 Å². The lowest BCUT2D eigenvalue weighted by Gasteiger charge is -2.04. The van der Waals surface area contributed by atoms with Gasteiger partial charge in [0, 0.05) is 32.8 Å². The molecule has 0 radical (unpaired) electrons. The second-order valence-corrected chi connectivity index (χ2v) is 6.25. The quantitative estimate of drug-likeness (QED) is 0.666. The van der Waals surface area contributed by atoms with Crippen molar-refractivity contribution in [3.63, 3.8) is 0 Å². The first-order valence-electron chi connectivity index (χ1n) is 4.39. The first kappa shape index (κ1) is 9.81. The van der Waals surface area contributed by atoms with E-state index in [9.17, 15) is 0 Å². The Balaban J connectivity index is 2.17. The van der Waals surface area contributed by atoms with Gasteiger partial charge in [0.15, 0.2) is 0 Å². The van der Waals surface area contributed by atoms with Crippen molar-refractivity contribution in [1.29, 1.82) is 0 Å². The van der Waals surface area contributed by atoms with Gasteiger partial charge >= 0.3 is 0 Å². The molecule has 1 aliphatic rings. The van der Waals surface area contributed by atoms with E-state index in [1.54, 1.807) is 0 Å². The lowest BCUT2D eigenvalue weighted by atomic mass is 10.4. The lowest BCUT2D eigenvalue weighted by Crippen LogP contribution is -1.85. The normalized spacial score (nSPS) is 18.2. The van der Waals surface area contributed by atoms with E-state index in [0.717, 1.165) is 0 Å². The van der Waals surface area contributed by atoms with E-state index < -0.39 is 0 Å². The first-order chi connectivity index (χ1) is 6.47. The van der Waals surface area contributed by atoms with Crippen LogP contribution < -0.4 is 0 Å². The molecular weight excluding hydrogens is 216 g/mol. The average Bonchev–Trinajstić information content (AvgIpc) is 2.28. The minimum atomic E-state index is 1.25. The molecule has 0 amide bonds. The van der Waals surface area contributed by atoms with Gasteiger partial charge < -0.3 is 0 Å². The van der Waals surface area contributed by atoms with E-state index in [4.69, 9.17) is 0 Å². The number of hydrogen-bond acceptors (Lipinski definition) is 3. The van der Waals surface area contributed by atoms with Gasteiger partial charge in [-0.05, 0) is 12.1 Å². The minimum absolute atomic E-state index is 1.25. The highest BCUT2D eigenvalue weighted by molar-refractivity contribution is 8.06. The topological polar surface area (TPSA) is 0 Å². The fourth-order valence-electron chi connectivity index (χ4n) is 1.21. The number of hydrogen-bond donors (Lipinski definition) is 0. The zero-order valence-corrected chi connectivity index (χ0v) is 9.81. The predicted molar refractivity (Wildman–Crippen MR) is 65.2 cm³/mol. The molecule has 0 nitrogen and oxygen atoms in total. The van der Waals surface area contributed by atoms with Crippen molar-refractivity contribution < 1.29 is 0 Å². The van der Waals surface area contributed by atoms with E-state index in [2.05, 4.69) is 36.0 Å². The Hall–Kier alpha value is 0.270. The highest BCUT2D eigenvalue weighted by Gasteiger charge is 2.05. The summed E-state index contributed by atoms with van der Waals surface area (Å²) in [5.74, 6) is 5.09. The van der Waals surface area contributed by atoms with Crippen molar-refractivity contribution in [2.24, 2.45) is 0 Å². The van der Waals surface area contributed by atoms with E-state index in [0.29, 0.717) is 0 Å². The Morgan fingerprint density at radius 2 is 1.31 bits per heavy atom. The van der Waals surface area contributed by atoms with Crippen LogP contribution in [0.25, 0.3) is 0 Å². The number of thioether (sulfide) groups is 3. The Kier molecular flexibility index (Phi) is 3.94. The highest BCUT2D eigenvalue weighted by atomic mass is 32.2. The highest BCUT2D eigenvalue weighted by Crippen LogP contribution is 2.32. The molecule has 0 unspecified atom stereocenters. The van der Waals surface area contributed by atoms with E-state index in [-0.39, 0.29) is 0 Å². The molecule has 0 aliphatic carbocycles. The van der Waals surface area contributed by atoms with Crippen molar-refractivity contribution in [3.05, 3.63) is 24.3 Å². The summed E-state index contributed by atoms with van der Waals surface area (Å²) in [4.78, 5) is 2.94. The molecule has 0 aromatic heterocycles. The maximum atomic E-state index is 2.24. The van der Waals surface area contributed by atoms with E-state index >= 15 is 0 Å². The van der Waals surface area contributed by atoms with Crippen molar-refractivity contribution in [1.82, 2.24) is 0 Å². The molecule has 1 heterocycles. The summed E-state index contributed by atoms with van der Waals surface area (Å²) in [5, 5.41) is 0. The van der Waals surface area contributed by atoms with Gasteiger partial charge in [0.05, 0.1) is 0 Å². The fourth-order valence-corrected chi connectivity index (χ4v) is 4.59. The second-order valence-electron chi connectivity index (χ2n) is 2.76. The third-order valence-corrected chi connectivity index (χ3v) is 5.60. The molecule has 1 aliphatic heterocycles. The number of fused-ring (bicyclic) bond motifs is 1. The summed E-state index contributed by atoms with van der Waals surface area (Å²) in [7, 11) is 0. The Bertz CT molecular complexity index is 246. The monoisotopic (exact) mass is 228 g/mol. The van der Waals surface area contributed by atoms with E-state index in [1.807, 2.05) is 23.5 Å². The van der Waals surface area contributed by atoms with Crippen LogP contribution in [0.15, 0.2) is 34.1 Å². The molecule has 3 heteroatoms. The lowest BCUT2D eigenvalue weighted by molar-refractivity contribution is 1.24. The van der Waals surface area contributed by atoms with Crippen molar-refractivity contribution in [2.45, 2.75) is 9.79 Å². The van der Waals surface area contributed by atoms with Crippen LogP contribution in [-0.4, -0.2) is 23.0 Å². The molecule has 70 valence electrons. The zero-order chi connectivity index (χ0) is 8.93. The number of benzene rings is 1. The standard InChI is InChI=1S/C10H12S3/c1-2-4-10-9(3-1)12-7-5-11-6-8-13-10/h1-4H,5-8H2.